The first-order valence-electron chi connectivity index (χ1n) is 7.52. The van der Waals surface area contributed by atoms with Gasteiger partial charge < -0.3 is 4.52 Å². The summed E-state index contributed by atoms with van der Waals surface area (Å²) in [6.07, 6.45) is 1.72. The van der Waals surface area contributed by atoms with Crippen LogP contribution in [-0.4, -0.2) is 30.5 Å². The van der Waals surface area contributed by atoms with Crippen LogP contribution < -0.4 is 0 Å². The second-order valence-electron chi connectivity index (χ2n) is 6.15. The maximum Gasteiger partial charge on any atom is 0.319 e. The molecular weight excluding hydrogens is 393 g/mol. The Balaban J connectivity index is 2.36. The molecule has 1 aliphatic carbocycles. The molecule has 0 unspecified atom stereocenters. The van der Waals surface area contributed by atoms with Crippen molar-refractivity contribution in [2.45, 2.75) is 30.7 Å². The van der Waals surface area contributed by atoms with Crippen LogP contribution in [0, 0.1) is 34.5 Å². The molecule has 0 atom stereocenters. The van der Waals surface area contributed by atoms with E-state index >= 15 is 0 Å². The van der Waals surface area contributed by atoms with E-state index in [0.717, 1.165) is 6.92 Å². The summed E-state index contributed by atoms with van der Waals surface area (Å²) in [5, 5.41) is 13.6. The minimum Gasteiger partial charge on any atom is -0.359 e. The number of rotatable bonds is 5. The van der Waals surface area contributed by atoms with Crippen molar-refractivity contribution >= 4 is 21.3 Å². The van der Waals surface area contributed by atoms with Crippen LogP contribution in [0.3, 0.4) is 0 Å². The van der Waals surface area contributed by atoms with Gasteiger partial charge in [-0.15, -0.1) is 0 Å². The quantitative estimate of drug-likeness (QED) is 0.325. The Morgan fingerprint density at radius 2 is 1.78 bits per heavy atom. The number of carbonyl (C=O) groups excluding carboxylic acids is 1. The van der Waals surface area contributed by atoms with Crippen molar-refractivity contribution in [3.63, 3.8) is 0 Å². The SMILES string of the molecule is Cc1c(F)c(F)c(C(=O)c2c(S(C)(=O)=O)noc2C2CC2)c([N+](=O)[O-])c1F. The van der Waals surface area contributed by atoms with Gasteiger partial charge in [0.25, 0.3) is 0 Å². The first-order chi connectivity index (χ1) is 12.5. The van der Waals surface area contributed by atoms with Crippen LogP contribution >= 0.6 is 0 Å². The van der Waals surface area contributed by atoms with Gasteiger partial charge in [0.1, 0.15) is 11.1 Å². The molecule has 0 amide bonds. The van der Waals surface area contributed by atoms with Gasteiger partial charge in [0.15, 0.2) is 27.2 Å². The lowest BCUT2D eigenvalue weighted by molar-refractivity contribution is -0.388. The third kappa shape index (κ3) is 2.99. The van der Waals surface area contributed by atoms with E-state index in [1.807, 2.05) is 0 Å². The Morgan fingerprint density at radius 1 is 1.19 bits per heavy atom. The Hall–Kier alpha value is -2.76. The van der Waals surface area contributed by atoms with Gasteiger partial charge >= 0.3 is 5.69 Å². The van der Waals surface area contributed by atoms with Gasteiger partial charge in [-0.25, -0.2) is 17.2 Å². The van der Waals surface area contributed by atoms with Crippen molar-refractivity contribution in [3.8, 4) is 0 Å². The van der Waals surface area contributed by atoms with Gasteiger partial charge in [0.05, 0.1) is 4.92 Å². The van der Waals surface area contributed by atoms with Crippen LogP contribution in [0.5, 0.6) is 0 Å². The number of aromatic nitrogens is 1. The summed E-state index contributed by atoms with van der Waals surface area (Å²) in [6.45, 7) is 0.770. The van der Waals surface area contributed by atoms with Crippen LogP contribution in [0.2, 0.25) is 0 Å². The summed E-state index contributed by atoms with van der Waals surface area (Å²) < 4.78 is 71.2. The highest BCUT2D eigenvalue weighted by atomic mass is 32.2. The number of ketones is 1. The fraction of sp³-hybridized carbons (Fsp3) is 0.333. The van der Waals surface area contributed by atoms with Crippen molar-refractivity contribution in [1.29, 1.82) is 0 Å². The number of sulfone groups is 1. The van der Waals surface area contributed by atoms with E-state index in [9.17, 15) is 36.5 Å². The van der Waals surface area contributed by atoms with E-state index in [-0.39, 0.29) is 5.76 Å². The largest absolute Gasteiger partial charge is 0.359 e. The summed E-state index contributed by atoms with van der Waals surface area (Å²) in [4.78, 5) is 22.7. The van der Waals surface area contributed by atoms with Crippen molar-refractivity contribution < 1.29 is 35.8 Å². The van der Waals surface area contributed by atoms with Gasteiger partial charge in [-0.1, -0.05) is 5.16 Å². The predicted molar refractivity (Wildman–Crippen MR) is 82.7 cm³/mol. The molecule has 0 saturated heterocycles. The summed E-state index contributed by atoms with van der Waals surface area (Å²) >= 11 is 0. The Bertz CT molecular complexity index is 1110. The average Bonchev–Trinajstić information content (AvgIpc) is 3.31. The number of nitro benzene ring substituents is 1. The number of nitrogens with zero attached hydrogens (tertiary/aromatic N) is 2. The number of nitro groups is 1. The predicted octanol–water partition coefficient (Wildman–Crippen LogP) is 2.82. The molecule has 0 radical (unpaired) electrons. The van der Waals surface area contributed by atoms with E-state index < -0.39 is 71.3 Å². The third-order valence-electron chi connectivity index (χ3n) is 4.14. The van der Waals surface area contributed by atoms with Crippen molar-refractivity contribution in [1.82, 2.24) is 5.16 Å². The summed E-state index contributed by atoms with van der Waals surface area (Å²) in [5.74, 6) is -7.65. The molecule has 1 aromatic heterocycles. The van der Waals surface area contributed by atoms with Crippen LogP contribution in [0.25, 0.3) is 0 Å². The first kappa shape index (κ1) is 19.0. The van der Waals surface area contributed by atoms with Crippen LogP contribution in [0.15, 0.2) is 9.55 Å². The highest BCUT2D eigenvalue weighted by Gasteiger charge is 2.42. The first-order valence-corrected chi connectivity index (χ1v) is 9.41. The van der Waals surface area contributed by atoms with Crippen LogP contribution in [0.4, 0.5) is 18.9 Å². The standard InChI is InChI=1S/C15H11F3N2O6S/c1-5-9(16)11(18)7(12(10(5)17)20(22)23)13(21)8-14(6-3-4-6)26-19-15(8)27(2,24)25/h6H,3-4H2,1-2H3. The number of hydrogen-bond acceptors (Lipinski definition) is 7. The zero-order valence-corrected chi connectivity index (χ0v) is 14.7. The Morgan fingerprint density at radius 3 is 2.26 bits per heavy atom. The van der Waals surface area contributed by atoms with Crippen molar-refractivity contribution in [3.05, 3.63) is 50.0 Å². The van der Waals surface area contributed by atoms with Crippen molar-refractivity contribution in [2.24, 2.45) is 0 Å². The lowest BCUT2D eigenvalue weighted by atomic mass is 9.98. The summed E-state index contributed by atoms with van der Waals surface area (Å²) in [7, 11) is -4.15. The van der Waals surface area contributed by atoms with Crippen LogP contribution in [-0.2, 0) is 9.84 Å². The van der Waals surface area contributed by atoms with Gasteiger partial charge in [0, 0.05) is 17.7 Å². The Kier molecular flexibility index (Phi) is 4.33. The Labute approximate surface area is 150 Å². The molecule has 27 heavy (non-hydrogen) atoms. The zero-order valence-electron chi connectivity index (χ0n) is 13.9. The number of carbonyl (C=O) groups is 1. The van der Waals surface area contributed by atoms with E-state index in [0.29, 0.717) is 19.1 Å². The molecule has 8 nitrogen and oxygen atoms in total. The van der Waals surface area contributed by atoms with Gasteiger partial charge in [-0.3, -0.25) is 14.9 Å². The van der Waals surface area contributed by atoms with Crippen LogP contribution in [0.1, 0.15) is 46.0 Å². The monoisotopic (exact) mass is 404 g/mol. The third-order valence-corrected chi connectivity index (χ3v) is 5.12. The molecule has 12 heteroatoms. The summed E-state index contributed by atoms with van der Waals surface area (Å²) in [6, 6.07) is 0. The molecule has 0 spiro atoms. The highest BCUT2D eigenvalue weighted by Crippen LogP contribution is 2.44. The lowest BCUT2D eigenvalue weighted by Crippen LogP contribution is -2.16. The molecule has 3 rings (SSSR count). The summed E-state index contributed by atoms with van der Waals surface area (Å²) in [5.41, 5.74) is -4.83. The lowest BCUT2D eigenvalue weighted by Gasteiger charge is -2.09. The minimum absolute atomic E-state index is 0.212. The fourth-order valence-corrected chi connectivity index (χ4v) is 3.38. The topological polar surface area (TPSA) is 120 Å². The molecular formula is C15H11F3N2O6S. The molecule has 0 bridgehead atoms. The molecule has 1 heterocycles. The van der Waals surface area contributed by atoms with E-state index in [2.05, 4.69) is 5.16 Å². The molecule has 0 N–H and O–H groups in total. The van der Waals surface area contributed by atoms with Gasteiger partial charge in [-0.2, -0.15) is 4.39 Å². The zero-order chi connectivity index (χ0) is 20.3. The molecule has 0 aliphatic heterocycles. The maximum atomic E-state index is 14.4. The molecule has 2 aromatic rings. The number of halogens is 3. The second-order valence-corrected chi connectivity index (χ2v) is 8.08. The van der Waals surface area contributed by atoms with E-state index in [1.165, 1.54) is 0 Å². The molecule has 1 aromatic carbocycles. The van der Waals surface area contributed by atoms with Gasteiger partial charge in [-0.05, 0) is 19.8 Å². The molecule has 1 saturated carbocycles. The normalized spacial score (nSPS) is 14.4. The highest BCUT2D eigenvalue weighted by molar-refractivity contribution is 7.90. The smallest absolute Gasteiger partial charge is 0.319 e. The van der Waals surface area contributed by atoms with Gasteiger partial charge in [0.2, 0.25) is 16.6 Å². The molecule has 144 valence electrons. The fourth-order valence-electron chi connectivity index (χ4n) is 2.64. The average molecular weight is 404 g/mol. The molecule has 1 aliphatic rings. The van der Waals surface area contributed by atoms with E-state index in [4.69, 9.17) is 4.52 Å². The number of benzene rings is 1. The minimum atomic E-state index is -4.15. The van der Waals surface area contributed by atoms with E-state index in [1.54, 1.807) is 0 Å². The van der Waals surface area contributed by atoms with Crippen molar-refractivity contribution in [2.75, 3.05) is 6.26 Å². The number of hydrogen-bond donors (Lipinski definition) is 0. The molecule has 1 fully saturated rings. The maximum absolute atomic E-state index is 14.4. The second kappa shape index (κ2) is 6.15.